The highest BCUT2D eigenvalue weighted by Crippen LogP contribution is 2.39. The molecular formula is C9H10F6N4O. The van der Waals surface area contributed by atoms with Crippen molar-refractivity contribution in [1.82, 2.24) is 9.78 Å². The summed E-state index contributed by atoms with van der Waals surface area (Å²) in [5.74, 6) is -6.81. The fraction of sp³-hybridized carbons (Fsp3) is 0.556. The van der Waals surface area contributed by atoms with E-state index >= 15 is 0 Å². The van der Waals surface area contributed by atoms with Crippen LogP contribution in [-0.4, -0.2) is 28.0 Å². The zero-order chi connectivity index (χ0) is 15.7. The molecule has 0 atom stereocenters. The molecule has 1 aromatic rings. The average molecular weight is 304 g/mol. The Labute approximate surface area is 108 Å². The van der Waals surface area contributed by atoms with E-state index in [2.05, 4.69) is 5.10 Å². The summed E-state index contributed by atoms with van der Waals surface area (Å²) in [5.41, 5.74) is 5.35. The van der Waals surface area contributed by atoms with E-state index in [0.717, 1.165) is 4.68 Å². The van der Waals surface area contributed by atoms with Crippen LogP contribution in [0, 0.1) is 5.92 Å². The largest absolute Gasteiger partial charge is 0.409 e. The van der Waals surface area contributed by atoms with E-state index in [1.54, 1.807) is 0 Å². The maximum Gasteiger partial charge on any atom is 0.409 e. The van der Waals surface area contributed by atoms with Crippen molar-refractivity contribution in [1.29, 1.82) is 0 Å². The Kier molecular flexibility index (Phi) is 4.32. The van der Waals surface area contributed by atoms with E-state index < -0.39 is 30.0 Å². The number of nitrogens with zero attached hydrogens (tertiary/aromatic N) is 2. The zero-order valence-corrected chi connectivity index (χ0v) is 10.0. The first-order valence-corrected chi connectivity index (χ1v) is 5.13. The van der Waals surface area contributed by atoms with Crippen LogP contribution in [0.1, 0.15) is 5.56 Å². The number of carbonyl (C=O) groups excluding carboxylic acids is 1. The number of rotatable bonds is 3. The predicted molar refractivity (Wildman–Crippen MR) is 55.3 cm³/mol. The molecule has 3 N–H and O–H groups in total. The fourth-order valence-corrected chi connectivity index (χ4v) is 1.46. The van der Waals surface area contributed by atoms with Gasteiger partial charge in [-0.15, -0.1) is 0 Å². The lowest BCUT2D eigenvalue weighted by Gasteiger charge is -2.21. The second-order valence-electron chi connectivity index (χ2n) is 3.89. The van der Waals surface area contributed by atoms with Crippen molar-refractivity contribution in [3.63, 3.8) is 0 Å². The second kappa shape index (κ2) is 5.31. The molecule has 0 spiro atoms. The van der Waals surface area contributed by atoms with Gasteiger partial charge in [0.15, 0.2) is 5.82 Å². The zero-order valence-electron chi connectivity index (χ0n) is 10.0. The number of aryl methyl sites for hydroxylation is 1. The minimum atomic E-state index is -5.75. The average Bonchev–Trinajstić information content (AvgIpc) is 2.53. The van der Waals surface area contributed by atoms with Gasteiger partial charge in [0.2, 0.25) is 11.8 Å². The molecule has 0 aliphatic rings. The van der Waals surface area contributed by atoms with Gasteiger partial charge in [0.1, 0.15) is 0 Å². The Balaban J connectivity index is 3.03. The quantitative estimate of drug-likeness (QED) is 0.832. The summed E-state index contributed by atoms with van der Waals surface area (Å²) >= 11 is 0. The minimum absolute atomic E-state index is 0.115. The van der Waals surface area contributed by atoms with Crippen LogP contribution in [-0.2, 0) is 18.4 Å². The number of alkyl halides is 6. The molecule has 1 heterocycles. The van der Waals surface area contributed by atoms with Crippen molar-refractivity contribution in [2.45, 2.75) is 18.9 Å². The normalized spacial score (nSPS) is 12.8. The number of carbonyl (C=O) groups is 1. The maximum atomic E-state index is 12.3. The molecule has 0 saturated carbocycles. The number of halogens is 6. The standard InChI is InChI=1S/C9H10F6N4O/c1-19-3-4(2-16)6(18-19)17-7(20)5(8(10,11)12)9(13,14)15/h3,5H,2,16H2,1H3,(H,17,18,20). The number of nitrogens with two attached hydrogens (primary N) is 1. The van der Waals surface area contributed by atoms with Crippen molar-refractivity contribution >= 4 is 11.7 Å². The molecule has 0 bridgehead atoms. The number of hydrogen-bond donors (Lipinski definition) is 2. The summed E-state index contributed by atoms with van der Waals surface area (Å²) < 4.78 is 75.1. The lowest BCUT2D eigenvalue weighted by Crippen LogP contribution is -2.45. The molecule has 0 fully saturated rings. The molecule has 0 unspecified atom stereocenters. The Hall–Kier alpha value is -1.78. The van der Waals surface area contributed by atoms with Gasteiger partial charge in [0, 0.05) is 25.4 Å². The van der Waals surface area contributed by atoms with Crippen LogP contribution in [0.3, 0.4) is 0 Å². The van der Waals surface area contributed by atoms with E-state index in [4.69, 9.17) is 5.73 Å². The van der Waals surface area contributed by atoms with Crippen LogP contribution in [0.25, 0.3) is 0 Å². The van der Waals surface area contributed by atoms with Crippen molar-refractivity contribution in [3.05, 3.63) is 11.8 Å². The van der Waals surface area contributed by atoms with E-state index in [1.165, 1.54) is 18.6 Å². The Bertz CT molecular complexity index is 478. The molecule has 0 aliphatic heterocycles. The Morgan fingerprint density at radius 3 is 2.25 bits per heavy atom. The molecule has 114 valence electrons. The summed E-state index contributed by atoms with van der Waals surface area (Å²) in [6.07, 6.45) is -10.2. The molecule has 11 heteroatoms. The molecule has 0 saturated heterocycles. The first-order valence-electron chi connectivity index (χ1n) is 5.13. The smallest absolute Gasteiger partial charge is 0.326 e. The highest BCUT2D eigenvalue weighted by Gasteiger charge is 2.61. The van der Waals surface area contributed by atoms with Gasteiger partial charge in [-0.3, -0.25) is 9.48 Å². The minimum Gasteiger partial charge on any atom is -0.326 e. The van der Waals surface area contributed by atoms with Crippen LogP contribution in [0.4, 0.5) is 32.2 Å². The second-order valence-corrected chi connectivity index (χ2v) is 3.89. The van der Waals surface area contributed by atoms with Gasteiger partial charge in [-0.2, -0.15) is 31.4 Å². The number of nitrogens with one attached hydrogen (secondary N) is 1. The van der Waals surface area contributed by atoms with E-state index in [0.29, 0.717) is 0 Å². The first-order chi connectivity index (χ1) is 8.96. The summed E-state index contributed by atoms with van der Waals surface area (Å²) in [6, 6.07) is 0. The summed E-state index contributed by atoms with van der Waals surface area (Å²) in [4.78, 5) is 11.2. The highest BCUT2D eigenvalue weighted by atomic mass is 19.4. The van der Waals surface area contributed by atoms with Crippen LogP contribution < -0.4 is 11.1 Å². The molecule has 1 amide bonds. The monoisotopic (exact) mass is 304 g/mol. The maximum absolute atomic E-state index is 12.3. The lowest BCUT2D eigenvalue weighted by atomic mass is 10.1. The molecule has 0 radical (unpaired) electrons. The van der Waals surface area contributed by atoms with Gasteiger partial charge in [0.05, 0.1) is 0 Å². The highest BCUT2D eigenvalue weighted by molar-refractivity contribution is 5.93. The Morgan fingerprint density at radius 1 is 1.35 bits per heavy atom. The SMILES string of the molecule is Cn1cc(CN)c(NC(=O)C(C(F)(F)F)C(F)(F)F)n1. The summed E-state index contributed by atoms with van der Waals surface area (Å²) in [7, 11) is 1.37. The van der Waals surface area contributed by atoms with Gasteiger partial charge >= 0.3 is 12.4 Å². The molecule has 0 aliphatic carbocycles. The van der Waals surface area contributed by atoms with Crippen molar-refractivity contribution in [2.75, 3.05) is 5.32 Å². The third-order valence-corrected chi connectivity index (χ3v) is 2.28. The number of aromatic nitrogens is 2. The van der Waals surface area contributed by atoms with E-state index in [9.17, 15) is 31.1 Å². The molecule has 20 heavy (non-hydrogen) atoms. The first kappa shape index (κ1) is 16.3. The van der Waals surface area contributed by atoms with Gasteiger partial charge in [-0.25, -0.2) is 0 Å². The molecule has 5 nitrogen and oxygen atoms in total. The lowest BCUT2D eigenvalue weighted by molar-refractivity contribution is -0.272. The molecular weight excluding hydrogens is 294 g/mol. The van der Waals surface area contributed by atoms with Crippen molar-refractivity contribution < 1.29 is 31.1 Å². The fourth-order valence-electron chi connectivity index (χ4n) is 1.46. The van der Waals surface area contributed by atoms with Crippen LogP contribution in [0.2, 0.25) is 0 Å². The van der Waals surface area contributed by atoms with E-state index in [-0.39, 0.29) is 12.1 Å². The third kappa shape index (κ3) is 3.62. The van der Waals surface area contributed by atoms with Crippen LogP contribution in [0.15, 0.2) is 6.20 Å². The topological polar surface area (TPSA) is 72.9 Å². The summed E-state index contributed by atoms with van der Waals surface area (Å²) in [6.45, 7) is -0.202. The van der Waals surface area contributed by atoms with Crippen LogP contribution in [0.5, 0.6) is 0 Å². The molecule has 0 aromatic carbocycles. The molecule has 1 aromatic heterocycles. The van der Waals surface area contributed by atoms with Gasteiger partial charge in [0.25, 0.3) is 0 Å². The summed E-state index contributed by atoms with van der Waals surface area (Å²) in [5, 5.41) is 5.04. The molecule has 1 rings (SSSR count). The van der Waals surface area contributed by atoms with Crippen molar-refractivity contribution in [3.8, 4) is 0 Å². The Morgan fingerprint density at radius 2 is 1.85 bits per heavy atom. The predicted octanol–water partition coefficient (Wildman–Crippen LogP) is 1.56. The third-order valence-electron chi connectivity index (χ3n) is 2.28. The van der Waals surface area contributed by atoms with Gasteiger partial charge in [-0.1, -0.05) is 0 Å². The van der Waals surface area contributed by atoms with Crippen molar-refractivity contribution in [2.24, 2.45) is 18.7 Å². The number of hydrogen-bond acceptors (Lipinski definition) is 3. The van der Waals surface area contributed by atoms with E-state index in [1.807, 2.05) is 0 Å². The van der Waals surface area contributed by atoms with Crippen LogP contribution >= 0.6 is 0 Å². The van der Waals surface area contributed by atoms with Gasteiger partial charge in [-0.05, 0) is 0 Å². The number of amides is 1. The van der Waals surface area contributed by atoms with Gasteiger partial charge < -0.3 is 11.1 Å². The number of anilines is 1.